The average molecular weight is 377 g/mol. The van der Waals surface area contributed by atoms with E-state index >= 15 is 0 Å². The molecule has 0 radical (unpaired) electrons. The smallest absolute Gasteiger partial charge is 0.224 e. The van der Waals surface area contributed by atoms with Crippen molar-refractivity contribution in [3.8, 4) is 0 Å². The predicted octanol–water partition coefficient (Wildman–Crippen LogP) is 2.85. The van der Waals surface area contributed by atoms with Gasteiger partial charge in [-0.25, -0.2) is 0 Å². The fourth-order valence-corrected chi connectivity index (χ4v) is 3.82. The highest BCUT2D eigenvalue weighted by Crippen LogP contribution is 2.20. The topological polar surface area (TPSA) is 67.2 Å². The molecule has 1 fully saturated rings. The van der Waals surface area contributed by atoms with Crippen LogP contribution in [0.1, 0.15) is 63.4 Å². The van der Waals surface area contributed by atoms with Gasteiger partial charge in [0.1, 0.15) is 0 Å². The Bertz CT molecular complexity index is 651. The van der Waals surface area contributed by atoms with E-state index in [1.54, 1.807) is 0 Å². The molecule has 1 aromatic rings. The number of rotatable bonds is 8. The zero-order valence-electron chi connectivity index (χ0n) is 17.7. The van der Waals surface area contributed by atoms with Gasteiger partial charge in [0.15, 0.2) is 0 Å². The summed E-state index contributed by atoms with van der Waals surface area (Å²) in [7, 11) is 0. The maximum atomic E-state index is 12.7. The maximum absolute atomic E-state index is 12.7. The van der Waals surface area contributed by atoms with E-state index in [1.165, 1.54) is 11.3 Å². The van der Waals surface area contributed by atoms with Crippen LogP contribution in [-0.4, -0.2) is 46.1 Å². The third-order valence-corrected chi connectivity index (χ3v) is 5.35. The van der Waals surface area contributed by atoms with Gasteiger partial charge in [0, 0.05) is 38.3 Å². The van der Waals surface area contributed by atoms with Crippen LogP contribution >= 0.6 is 0 Å². The number of amides is 2. The second-order valence-corrected chi connectivity index (χ2v) is 8.20. The van der Waals surface area contributed by atoms with Crippen LogP contribution in [0, 0.1) is 25.7 Å². The second kappa shape index (κ2) is 9.90. The summed E-state index contributed by atoms with van der Waals surface area (Å²) < 4.78 is 2.06. The van der Waals surface area contributed by atoms with Gasteiger partial charge in [-0.3, -0.25) is 14.3 Å². The van der Waals surface area contributed by atoms with Crippen molar-refractivity contribution in [2.45, 2.75) is 73.3 Å². The lowest BCUT2D eigenvalue weighted by molar-refractivity contribution is -0.135. The van der Waals surface area contributed by atoms with E-state index in [2.05, 4.69) is 35.9 Å². The maximum Gasteiger partial charge on any atom is 0.224 e. The summed E-state index contributed by atoms with van der Waals surface area (Å²) in [6.07, 6.45) is 3.92. The summed E-state index contributed by atoms with van der Waals surface area (Å²) in [6, 6.07) is 0. The molecule has 2 rings (SSSR count). The van der Waals surface area contributed by atoms with Gasteiger partial charge in [-0.15, -0.1) is 0 Å². The number of hydrogen-bond donors (Lipinski definition) is 1. The first-order valence-electron chi connectivity index (χ1n) is 10.4. The van der Waals surface area contributed by atoms with E-state index in [0.29, 0.717) is 25.4 Å². The van der Waals surface area contributed by atoms with Gasteiger partial charge in [-0.05, 0) is 51.0 Å². The van der Waals surface area contributed by atoms with E-state index in [4.69, 9.17) is 0 Å². The highest BCUT2D eigenvalue weighted by Gasteiger charge is 2.28. The number of aryl methyl sites for hydroxylation is 1. The Morgan fingerprint density at radius 2 is 2.04 bits per heavy atom. The van der Waals surface area contributed by atoms with Crippen molar-refractivity contribution in [1.82, 2.24) is 20.0 Å². The van der Waals surface area contributed by atoms with Crippen LogP contribution in [0.5, 0.6) is 0 Å². The quantitative estimate of drug-likeness (QED) is 0.759. The van der Waals surface area contributed by atoms with Crippen molar-refractivity contribution < 1.29 is 9.59 Å². The number of likely N-dealkylation sites (tertiary alicyclic amines) is 1. The Balaban J connectivity index is 1.92. The van der Waals surface area contributed by atoms with Gasteiger partial charge in [0.2, 0.25) is 11.8 Å². The van der Waals surface area contributed by atoms with Gasteiger partial charge in [0.25, 0.3) is 0 Å². The van der Waals surface area contributed by atoms with Crippen LogP contribution in [0.4, 0.5) is 0 Å². The Hall–Kier alpha value is -1.85. The van der Waals surface area contributed by atoms with Gasteiger partial charge >= 0.3 is 0 Å². The lowest BCUT2D eigenvalue weighted by Gasteiger charge is -2.32. The molecule has 0 saturated carbocycles. The third-order valence-electron chi connectivity index (χ3n) is 5.35. The van der Waals surface area contributed by atoms with Gasteiger partial charge in [0.05, 0.1) is 11.6 Å². The van der Waals surface area contributed by atoms with Crippen molar-refractivity contribution in [3.05, 3.63) is 17.0 Å². The normalized spacial score (nSPS) is 17.4. The summed E-state index contributed by atoms with van der Waals surface area (Å²) in [4.78, 5) is 26.8. The van der Waals surface area contributed by atoms with Crippen molar-refractivity contribution in [3.63, 3.8) is 0 Å². The molecule has 152 valence electrons. The lowest BCUT2D eigenvalue weighted by Crippen LogP contribution is -2.45. The number of nitrogens with zero attached hydrogens (tertiary/aromatic N) is 3. The zero-order chi connectivity index (χ0) is 20.0. The Labute approximate surface area is 163 Å². The van der Waals surface area contributed by atoms with E-state index in [-0.39, 0.29) is 17.7 Å². The monoisotopic (exact) mass is 376 g/mol. The molecule has 1 aromatic heterocycles. The average Bonchev–Trinajstić information content (AvgIpc) is 2.90. The van der Waals surface area contributed by atoms with Crippen molar-refractivity contribution in [2.75, 3.05) is 19.6 Å². The minimum absolute atomic E-state index is 0.0634. The van der Waals surface area contributed by atoms with Gasteiger partial charge in [-0.1, -0.05) is 20.8 Å². The molecule has 0 aromatic carbocycles. The lowest BCUT2D eigenvalue weighted by atomic mass is 9.96. The fraction of sp³-hybridized carbons (Fsp3) is 0.762. The summed E-state index contributed by atoms with van der Waals surface area (Å²) >= 11 is 0. The van der Waals surface area contributed by atoms with Crippen LogP contribution in [0.2, 0.25) is 0 Å². The second-order valence-electron chi connectivity index (χ2n) is 8.20. The molecular weight excluding hydrogens is 340 g/mol. The molecule has 6 heteroatoms. The fourth-order valence-electron chi connectivity index (χ4n) is 3.82. The Morgan fingerprint density at radius 3 is 2.70 bits per heavy atom. The first-order valence-corrected chi connectivity index (χ1v) is 10.4. The highest BCUT2D eigenvalue weighted by atomic mass is 16.2. The molecule has 1 N–H and O–H groups in total. The minimum Gasteiger partial charge on any atom is -0.356 e. The van der Waals surface area contributed by atoms with Crippen molar-refractivity contribution in [2.24, 2.45) is 11.8 Å². The van der Waals surface area contributed by atoms with E-state index in [0.717, 1.165) is 44.5 Å². The Kier molecular flexibility index (Phi) is 7.87. The van der Waals surface area contributed by atoms with Crippen molar-refractivity contribution >= 4 is 11.8 Å². The molecule has 27 heavy (non-hydrogen) atoms. The number of aromatic nitrogens is 2. The molecule has 1 aliphatic heterocycles. The number of carbonyl (C=O) groups is 2. The molecule has 6 nitrogen and oxygen atoms in total. The highest BCUT2D eigenvalue weighted by molar-refractivity contribution is 5.81. The Morgan fingerprint density at radius 1 is 1.30 bits per heavy atom. The molecule has 1 unspecified atom stereocenters. The first kappa shape index (κ1) is 21.5. The molecule has 1 aliphatic rings. The molecule has 2 heterocycles. The predicted molar refractivity (Wildman–Crippen MR) is 107 cm³/mol. The molecule has 1 atom stereocenters. The van der Waals surface area contributed by atoms with Crippen LogP contribution < -0.4 is 5.32 Å². The first-order chi connectivity index (χ1) is 12.8. The number of carbonyl (C=O) groups excluding carboxylic acids is 2. The van der Waals surface area contributed by atoms with Crippen LogP contribution in [0.3, 0.4) is 0 Å². The third kappa shape index (κ3) is 5.81. The number of hydrogen-bond acceptors (Lipinski definition) is 3. The van der Waals surface area contributed by atoms with Gasteiger partial charge < -0.3 is 10.2 Å². The van der Waals surface area contributed by atoms with Crippen LogP contribution in [-0.2, 0) is 22.6 Å². The molecule has 1 saturated heterocycles. The standard InChI is InChI=1S/C21H36N4O2/c1-6-11-22-21(27)18-8-7-12-24(14-18)20(26)10-9-19-16(4)23-25(17(19)5)13-15(2)3/h15,18H,6-14H2,1-5H3,(H,22,27). The summed E-state index contributed by atoms with van der Waals surface area (Å²) in [5.41, 5.74) is 3.39. The molecule has 0 spiro atoms. The summed E-state index contributed by atoms with van der Waals surface area (Å²) in [5.74, 6) is 0.725. The van der Waals surface area contributed by atoms with E-state index in [9.17, 15) is 9.59 Å². The largest absolute Gasteiger partial charge is 0.356 e. The van der Waals surface area contributed by atoms with Gasteiger partial charge in [-0.2, -0.15) is 5.10 Å². The van der Waals surface area contributed by atoms with Crippen molar-refractivity contribution in [1.29, 1.82) is 0 Å². The summed E-state index contributed by atoms with van der Waals surface area (Å²) in [6.45, 7) is 13.5. The molecule has 0 aliphatic carbocycles. The molecule has 0 bridgehead atoms. The summed E-state index contributed by atoms with van der Waals surface area (Å²) in [5, 5.41) is 7.61. The van der Waals surface area contributed by atoms with Crippen LogP contribution in [0.25, 0.3) is 0 Å². The number of nitrogens with one attached hydrogen (secondary N) is 1. The molecule has 2 amide bonds. The SMILES string of the molecule is CCCNC(=O)C1CCCN(C(=O)CCc2c(C)nn(CC(C)C)c2C)C1. The van der Waals surface area contributed by atoms with E-state index < -0.39 is 0 Å². The van der Waals surface area contributed by atoms with E-state index in [1.807, 2.05) is 18.7 Å². The molecular formula is C21H36N4O2. The number of piperidine rings is 1. The zero-order valence-corrected chi connectivity index (χ0v) is 17.7. The van der Waals surface area contributed by atoms with Crippen LogP contribution in [0.15, 0.2) is 0 Å². The minimum atomic E-state index is -0.0634.